The van der Waals surface area contributed by atoms with Gasteiger partial charge in [-0.1, -0.05) is 0 Å². The highest BCUT2D eigenvalue weighted by molar-refractivity contribution is 7.13. The first kappa shape index (κ1) is 18.5. The van der Waals surface area contributed by atoms with Gasteiger partial charge in [-0.3, -0.25) is 4.79 Å². The Kier molecular flexibility index (Phi) is 5.66. The Balaban J connectivity index is 1.45. The van der Waals surface area contributed by atoms with Crippen molar-refractivity contribution in [3.63, 3.8) is 0 Å². The standard InChI is InChI=1S/C19H25N3O3S/c1-12-4-6-16(25-12)14(3)20-19(24)22-10-8-15(9-11-22)21-18(23)17-7-5-13(2)26-17/h4-7,14-15H,8-11H2,1-3H3,(H,20,24)(H,21,23). The molecule has 3 amide bonds. The second-order valence-corrected chi connectivity index (χ2v) is 8.05. The van der Waals surface area contributed by atoms with Gasteiger partial charge in [0, 0.05) is 24.0 Å². The molecule has 1 aliphatic heterocycles. The number of nitrogens with zero attached hydrogens (tertiary/aromatic N) is 1. The van der Waals surface area contributed by atoms with Crippen molar-refractivity contribution in [3.05, 3.63) is 45.5 Å². The maximum absolute atomic E-state index is 12.4. The predicted molar refractivity (Wildman–Crippen MR) is 102 cm³/mol. The number of urea groups is 1. The Hall–Kier alpha value is -2.28. The zero-order valence-corrected chi connectivity index (χ0v) is 16.2. The number of carbonyl (C=O) groups is 2. The van der Waals surface area contributed by atoms with Crippen LogP contribution in [0, 0.1) is 13.8 Å². The molecular formula is C19H25N3O3S. The molecule has 0 spiro atoms. The lowest BCUT2D eigenvalue weighted by Gasteiger charge is -2.33. The summed E-state index contributed by atoms with van der Waals surface area (Å²) in [5.41, 5.74) is 0. The van der Waals surface area contributed by atoms with Crippen LogP contribution in [0.4, 0.5) is 4.79 Å². The molecule has 1 saturated heterocycles. The minimum Gasteiger partial charge on any atom is -0.464 e. The minimum atomic E-state index is -0.171. The molecule has 0 aromatic carbocycles. The van der Waals surface area contributed by atoms with Crippen molar-refractivity contribution in [1.29, 1.82) is 0 Å². The number of piperidine rings is 1. The molecule has 7 heteroatoms. The SMILES string of the molecule is Cc1ccc(C(C)NC(=O)N2CCC(NC(=O)c3ccc(C)s3)CC2)o1. The lowest BCUT2D eigenvalue weighted by atomic mass is 10.1. The molecule has 0 saturated carbocycles. The third kappa shape index (κ3) is 4.46. The van der Waals surface area contributed by atoms with Gasteiger partial charge in [0.15, 0.2) is 0 Å². The molecule has 1 aliphatic rings. The Morgan fingerprint density at radius 2 is 1.92 bits per heavy atom. The Morgan fingerprint density at radius 1 is 1.19 bits per heavy atom. The van der Waals surface area contributed by atoms with E-state index in [9.17, 15) is 9.59 Å². The number of nitrogens with one attached hydrogen (secondary N) is 2. The van der Waals surface area contributed by atoms with Crippen LogP contribution in [0.5, 0.6) is 0 Å². The van der Waals surface area contributed by atoms with Gasteiger partial charge in [0.2, 0.25) is 0 Å². The van der Waals surface area contributed by atoms with Crippen LogP contribution in [-0.2, 0) is 0 Å². The monoisotopic (exact) mass is 375 g/mol. The molecule has 140 valence electrons. The quantitative estimate of drug-likeness (QED) is 0.857. The predicted octanol–water partition coefficient (Wildman–Crippen LogP) is 3.62. The normalized spacial score (nSPS) is 16.3. The molecule has 2 aromatic heterocycles. The third-order valence-electron chi connectivity index (χ3n) is 4.61. The van der Waals surface area contributed by atoms with Crippen LogP contribution in [-0.4, -0.2) is 36.0 Å². The number of likely N-dealkylation sites (tertiary alicyclic amines) is 1. The van der Waals surface area contributed by atoms with Gasteiger partial charge in [0.1, 0.15) is 11.5 Å². The van der Waals surface area contributed by atoms with Crippen molar-refractivity contribution in [3.8, 4) is 0 Å². The van der Waals surface area contributed by atoms with Gasteiger partial charge >= 0.3 is 6.03 Å². The van der Waals surface area contributed by atoms with Crippen molar-refractivity contribution in [2.75, 3.05) is 13.1 Å². The van der Waals surface area contributed by atoms with Crippen molar-refractivity contribution < 1.29 is 14.0 Å². The fourth-order valence-electron chi connectivity index (χ4n) is 3.07. The minimum absolute atomic E-state index is 0.0205. The summed E-state index contributed by atoms with van der Waals surface area (Å²) in [6.45, 7) is 7.04. The van der Waals surface area contributed by atoms with Gasteiger partial charge < -0.3 is 20.0 Å². The summed E-state index contributed by atoms with van der Waals surface area (Å²) in [7, 11) is 0. The summed E-state index contributed by atoms with van der Waals surface area (Å²) in [5.74, 6) is 1.57. The summed E-state index contributed by atoms with van der Waals surface area (Å²) >= 11 is 1.50. The molecule has 26 heavy (non-hydrogen) atoms. The van der Waals surface area contributed by atoms with E-state index in [1.807, 2.05) is 45.0 Å². The highest BCUT2D eigenvalue weighted by Crippen LogP contribution is 2.18. The van der Waals surface area contributed by atoms with Crippen LogP contribution in [0.2, 0.25) is 0 Å². The van der Waals surface area contributed by atoms with Crippen molar-refractivity contribution in [2.45, 2.75) is 45.7 Å². The molecule has 1 atom stereocenters. The number of rotatable bonds is 4. The van der Waals surface area contributed by atoms with Crippen LogP contribution >= 0.6 is 11.3 Å². The molecule has 3 rings (SSSR count). The van der Waals surface area contributed by atoms with Crippen molar-refractivity contribution >= 4 is 23.3 Å². The van der Waals surface area contributed by atoms with E-state index in [0.29, 0.717) is 13.1 Å². The first-order valence-corrected chi connectivity index (χ1v) is 9.73. The van der Waals surface area contributed by atoms with E-state index in [-0.39, 0.29) is 24.0 Å². The second kappa shape index (κ2) is 7.95. The van der Waals surface area contributed by atoms with E-state index in [4.69, 9.17) is 4.42 Å². The first-order chi connectivity index (χ1) is 12.4. The van der Waals surface area contributed by atoms with E-state index in [0.717, 1.165) is 34.1 Å². The molecule has 6 nitrogen and oxygen atoms in total. The van der Waals surface area contributed by atoms with E-state index < -0.39 is 0 Å². The van der Waals surface area contributed by atoms with Crippen LogP contribution in [0.1, 0.15) is 51.9 Å². The average Bonchev–Trinajstić information content (AvgIpc) is 3.24. The maximum atomic E-state index is 12.4. The van der Waals surface area contributed by atoms with Crippen LogP contribution in [0.25, 0.3) is 0 Å². The summed E-state index contributed by atoms with van der Waals surface area (Å²) in [4.78, 5) is 28.3. The van der Waals surface area contributed by atoms with Crippen LogP contribution < -0.4 is 10.6 Å². The van der Waals surface area contributed by atoms with Gasteiger partial charge in [-0.2, -0.15) is 0 Å². The fraction of sp³-hybridized carbons (Fsp3) is 0.474. The summed E-state index contributed by atoms with van der Waals surface area (Å²) in [5, 5.41) is 6.05. The second-order valence-electron chi connectivity index (χ2n) is 6.76. The molecule has 0 bridgehead atoms. The van der Waals surface area contributed by atoms with E-state index >= 15 is 0 Å². The van der Waals surface area contributed by atoms with E-state index in [1.54, 1.807) is 4.90 Å². The van der Waals surface area contributed by atoms with Gasteiger partial charge in [-0.05, 0) is 57.9 Å². The van der Waals surface area contributed by atoms with Crippen LogP contribution in [0.3, 0.4) is 0 Å². The average molecular weight is 375 g/mol. The highest BCUT2D eigenvalue weighted by Gasteiger charge is 2.25. The molecule has 3 heterocycles. The highest BCUT2D eigenvalue weighted by atomic mass is 32.1. The molecule has 0 aliphatic carbocycles. The summed E-state index contributed by atoms with van der Waals surface area (Å²) in [6.07, 6.45) is 1.52. The molecule has 2 N–H and O–H groups in total. The number of furan rings is 1. The number of aryl methyl sites for hydroxylation is 2. The molecule has 1 unspecified atom stereocenters. The first-order valence-electron chi connectivity index (χ1n) is 8.91. The summed E-state index contributed by atoms with van der Waals surface area (Å²) < 4.78 is 5.56. The fourth-order valence-corrected chi connectivity index (χ4v) is 3.84. The number of amides is 3. The molecular weight excluding hydrogens is 350 g/mol. The Bertz CT molecular complexity index is 775. The van der Waals surface area contributed by atoms with E-state index in [2.05, 4.69) is 10.6 Å². The van der Waals surface area contributed by atoms with Crippen molar-refractivity contribution in [1.82, 2.24) is 15.5 Å². The smallest absolute Gasteiger partial charge is 0.317 e. The number of hydrogen-bond donors (Lipinski definition) is 2. The summed E-state index contributed by atoms with van der Waals surface area (Å²) in [6, 6.07) is 7.43. The largest absolute Gasteiger partial charge is 0.464 e. The van der Waals surface area contributed by atoms with E-state index in [1.165, 1.54) is 11.3 Å². The van der Waals surface area contributed by atoms with Gasteiger partial charge in [0.25, 0.3) is 5.91 Å². The number of hydrogen-bond acceptors (Lipinski definition) is 4. The lowest BCUT2D eigenvalue weighted by Crippen LogP contribution is -2.49. The van der Waals surface area contributed by atoms with Gasteiger partial charge in [0.05, 0.1) is 10.9 Å². The Morgan fingerprint density at radius 3 is 2.50 bits per heavy atom. The van der Waals surface area contributed by atoms with Gasteiger partial charge in [-0.25, -0.2) is 4.79 Å². The van der Waals surface area contributed by atoms with Crippen LogP contribution in [0.15, 0.2) is 28.7 Å². The lowest BCUT2D eigenvalue weighted by molar-refractivity contribution is 0.0921. The Labute approximate surface area is 157 Å². The molecule has 2 aromatic rings. The van der Waals surface area contributed by atoms with Gasteiger partial charge in [-0.15, -0.1) is 11.3 Å². The van der Waals surface area contributed by atoms with Crippen molar-refractivity contribution in [2.24, 2.45) is 0 Å². The maximum Gasteiger partial charge on any atom is 0.317 e. The topological polar surface area (TPSA) is 74.6 Å². The molecule has 0 radical (unpaired) electrons. The zero-order valence-electron chi connectivity index (χ0n) is 15.4. The molecule has 1 fully saturated rings. The number of thiophene rings is 1. The third-order valence-corrected chi connectivity index (χ3v) is 5.61. The number of carbonyl (C=O) groups excluding carboxylic acids is 2. The zero-order chi connectivity index (χ0) is 18.7.